The number of aromatic nitrogens is 1. The molecule has 0 bridgehead atoms. The number of pyridine rings is 1. The fraction of sp³-hybridized carbons (Fsp3) is 0.400. The van der Waals surface area contributed by atoms with Crippen LogP contribution in [0.15, 0.2) is 24.4 Å². The highest BCUT2D eigenvalue weighted by Crippen LogP contribution is 2.37. The molecule has 2 N–H and O–H groups in total. The van der Waals surface area contributed by atoms with Crippen LogP contribution in [-0.2, 0) is 0 Å². The van der Waals surface area contributed by atoms with Crippen LogP contribution in [0.25, 0.3) is 10.8 Å². The zero-order valence-corrected chi connectivity index (χ0v) is 11.2. The van der Waals surface area contributed by atoms with Crippen molar-refractivity contribution in [2.45, 2.75) is 18.9 Å². The van der Waals surface area contributed by atoms with Gasteiger partial charge < -0.3 is 20.1 Å². The monoisotopic (exact) mass is 271 g/mol. The van der Waals surface area contributed by atoms with Crippen LogP contribution in [0.1, 0.15) is 12.8 Å². The third kappa shape index (κ3) is 2.04. The van der Waals surface area contributed by atoms with E-state index in [2.05, 4.69) is 15.6 Å². The quantitative estimate of drug-likeness (QED) is 0.895. The van der Waals surface area contributed by atoms with Crippen molar-refractivity contribution in [3.63, 3.8) is 0 Å². The first kappa shape index (κ1) is 11.8. The SMILES string of the molecule is c1cc2cc3c(cc2c(NCC2CCCN2)n1)OCO3. The van der Waals surface area contributed by atoms with Gasteiger partial charge in [0.2, 0.25) is 6.79 Å². The molecule has 1 fully saturated rings. The molecule has 104 valence electrons. The van der Waals surface area contributed by atoms with Gasteiger partial charge in [0.1, 0.15) is 5.82 Å². The van der Waals surface area contributed by atoms with Gasteiger partial charge >= 0.3 is 0 Å². The summed E-state index contributed by atoms with van der Waals surface area (Å²) in [5.74, 6) is 2.52. The Hall–Kier alpha value is -2.01. The number of ether oxygens (including phenoxy) is 2. The second-order valence-corrected chi connectivity index (χ2v) is 5.26. The van der Waals surface area contributed by atoms with Crippen LogP contribution in [0.4, 0.5) is 5.82 Å². The van der Waals surface area contributed by atoms with E-state index in [0.717, 1.165) is 41.2 Å². The Labute approximate surface area is 117 Å². The van der Waals surface area contributed by atoms with Crippen LogP contribution in [0.5, 0.6) is 11.5 Å². The third-order valence-corrected chi connectivity index (χ3v) is 3.94. The molecule has 1 unspecified atom stereocenters. The second kappa shape index (κ2) is 4.83. The minimum absolute atomic E-state index is 0.299. The van der Waals surface area contributed by atoms with E-state index in [9.17, 15) is 0 Å². The highest BCUT2D eigenvalue weighted by molar-refractivity contribution is 5.94. The predicted octanol–water partition coefficient (Wildman–Crippen LogP) is 2.13. The zero-order valence-electron chi connectivity index (χ0n) is 11.2. The van der Waals surface area contributed by atoms with E-state index in [1.807, 2.05) is 24.4 Å². The molecule has 0 amide bonds. The average Bonchev–Trinajstić information content (AvgIpc) is 3.13. The van der Waals surface area contributed by atoms with Crippen molar-refractivity contribution >= 4 is 16.6 Å². The van der Waals surface area contributed by atoms with Crippen molar-refractivity contribution < 1.29 is 9.47 Å². The second-order valence-electron chi connectivity index (χ2n) is 5.26. The molecular formula is C15H17N3O2. The molecule has 5 heteroatoms. The number of hydrogen-bond donors (Lipinski definition) is 2. The van der Waals surface area contributed by atoms with Crippen molar-refractivity contribution in [3.8, 4) is 11.5 Å². The third-order valence-electron chi connectivity index (χ3n) is 3.94. The van der Waals surface area contributed by atoms with Gasteiger partial charge in [-0.2, -0.15) is 0 Å². The Morgan fingerprint density at radius 3 is 3.05 bits per heavy atom. The van der Waals surface area contributed by atoms with Gasteiger partial charge in [-0.25, -0.2) is 4.98 Å². The van der Waals surface area contributed by atoms with E-state index in [-0.39, 0.29) is 0 Å². The van der Waals surface area contributed by atoms with Gasteiger partial charge in [-0.05, 0) is 43.0 Å². The summed E-state index contributed by atoms with van der Waals surface area (Å²) in [6.07, 6.45) is 4.31. The number of nitrogens with one attached hydrogen (secondary N) is 2. The summed E-state index contributed by atoms with van der Waals surface area (Å²) in [7, 11) is 0. The molecule has 5 nitrogen and oxygen atoms in total. The van der Waals surface area contributed by atoms with E-state index in [1.54, 1.807) is 0 Å². The lowest BCUT2D eigenvalue weighted by Gasteiger charge is -2.13. The van der Waals surface area contributed by atoms with Gasteiger partial charge in [0.15, 0.2) is 11.5 Å². The Bertz CT molecular complexity index is 638. The largest absolute Gasteiger partial charge is 0.454 e. The molecule has 2 aliphatic heterocycles. The maximum Gasteiger partial charge on any atom is 0.231 e. The Kier molecular flexibility index (Phi) is 2.85. The van der Waals surface area contributed by atoms with Gasteiger partial charge in [-0.3, -0.25) is 0 Å². The molecule has 0 saturated carbocycles. The normalized spacial score (nSPS) is 20.5. The lowest BCUT2D eigenvalue weighted by molar-refractivity contribution is 0.174. The Morgan fingerprint density at radius 2 is 2.20 bits per heavy atom. The first-order valence-electron chi connectivity index (χ1n) is 7.06. The lowest BCUT2D eigenvalue weighted by atomic mass is 10.1. The smallest absolute Gasteiger partial charge is 0.231 e. The van der Waals surface area contributed by atoms with Gasteiger partial charge in [0.05, 0.1) is 0 Å². The maximum absolute atomic E-state index is 5.45. The molecule has 0 aliphatic carbocycles. The minimum Gasteiger partial charge on any atom is -0.454 e. The molecule has 0 radical (unpaired) electrons. The Balaban J connectivity index is 1.64. The van der Waals surface area contributed by atoms with Crippen molar-refractivity contribution in [1.82, 2.24) is 10.3 Å². The first-order chi connectivity index (χ1) is 9.90. The summed E-state index contributed by atoms with van der Waals surface area (Å²) in [5.41, 5.74) is 0. The lowest BCUT2D eigenvalue weighted by Crippen LogP contribution is -2.29. The van der Waals surface area contributed by atoms with E-state index in [4.69, 9.17) is 9.47 Å². The topological polar surface area (TPSA) is 55.4 Å². The highest BCUT2D eigenvalue weighted by atomic mass is 16.7. The molecule has 2 aliphatic rings. The summed E-state index contributed by atoms with van der Waals surface area (Å²) in [6, 6.07) is 6.56. The minimum atomic E-state index is 0.299. The first-order valence-corrected chi connectivity index (χ1v) is 7.06. The highest BCUT2D eigenvalue weighted by Gasteiger charge is 2.17. The molecule has 4 rings (SSSR count). The fourth-order valence-corrected chi connectivity index (χ4v) is 2.85. The molecular weight excluding hydrogens is 254 g/mol. The number of rotatable bonds is 3. The average molecular weight is 271 g/mol. The van der Waals surface area contributed by atoms with E-state index < -0.39 is 0 Å². The van der Waals surface area contributed by atoms with E-state index >= 15 is 0 Å². The van der Waals surface area contributed by atoms with Crippen LogP contribution in [0.2, 0.25) is 0 Å². The molecule has 1 aromatic carbocycles. The van der Waals surface area contributed by atoms with Gasteiger partial charge in [0, 0.05) is 24.2 Å². The number of benzene rings is 1. The van der Waals surface area contributed by atoms with Crippen molar-refractivity contribution in [2.75, 3.05) is 25.2 Å². The molecule has 2 aromatic rings. The summed E-state index contributed by atoms with van der Waals surface area (Å²) >= 11 is 0. The van der Waals surface area contributed by atoms with Crippen LogP contribution >= 0.6 is 0 Å². The van der Waals surface area contributed by atoms with Crippen molar-refractivity contribution in [3.05, 3.63) is 24.4 Å². The number of fused-ring (bicyclic) bond motifs is 2. The molecule has 1 atom stereocenters. The van der Waals surface area contributed by atoms with Crippen molar-refractivity contribution in [1.29, 1.82) is 0 Å². The molecule has 1 saturated heterocycles. The van der Waals surface area contributed by atoms with Crippen LogP contribution in [-0.4, -0.2) is 30.9 Å². The molecule has 20 heavy (non-hydrogen) atoms. The van der Waals surface area contributed by atoms with Gasteiger partial charge in [-0.15, -0.1) is 0 Å². The van der Waals surface area contributed by atoms with Crippen LogP contribution < -0.4 is 20.1 Å². The summed E-state index contributed by atoms with van der Waals surface area (Å²) in [5, 5.41) is 9.13. The summed E-state index contributed by atoms with van der Waals surface area (Å²) in [4.78, 5) is 4.46. The maximum atomic E-state index is 5.45. The summed E-state index contributed by atoms with van der Waals surface area (Å²) < 4.78 is 10.9. The molecule has 1 aromatic heterocycles. The Morgan fingerprint density at radius 1 is 1.30 bits per heavy atom. The standard InChI is InChI=1S/C15H17N3O2/c1-2-11(16-4-1)8-18-15-12-7-14-13(19-9-20-14)6-10(12)3-5-17-15/h3,5-7,11,16H,1-2,4,8-9H2,(H,17,18). The zero-order chi connectivity index (χ0) is 13.4. The molecule has 3 heterocycles. The number of hydrogen-bond acceptors (Lipinski definition) is 5. The number of nitrogens with zero attached hydrogens (tertiary/aromatic N) is 1. The van der Waals surface area contributed by atoms with Crippen LogP contribution in [0, 0.1) is 0 Å². The fourth-order valence-electron chi connectivity index (χ4n) is 2.85. The van der Waals surface area contributed by atoms with Gasteiger partial charge in [0.25, 0.3) is 0 Å². The van der Waals surface area contributed by atoms with Gasteiger partial charge in [-0.1, -0.05) is 0 Å². The van der Waals surface area contributed by atoms with E-state index in [1.165, 1.54) is 12.8 Å². The van der Waals surface area contributed by atoms with E-state index in [0.29, 0.717) is 12.8 Å². The van der Waals surface area contributed by atoms with Crippen LogP contribution in [0.3, 0.4) is 0 Å². The number of anilines is 1. The summed E-state index contributed by atoms with van der Waals surface area (Å²) in [6.45, 7) is 2.32. The van der Waals surface area contributed by atoms with Crippen molar-refractivity contribution in [2.24, 2.45) is 0 Å². The molecule has 0 spiro atoms. The predicted molar refractivity (Wildman–Crippen MR) is 77.4 cm³/mol.